The van der Waals surface area contributed by atoms with E-state index in [4.69, 9.17) is 18.9 Å². The highest BCUT2D eigenvalue weighted by atomic mass is 16.6. The van der Waals surface area contributed by atoms with Crippen molar-refractivity contribution >= 4 is 12.0 Å². The Morgan fingerprint density at radius 3 is 2.07 bits per heavy atom. The van der Waals surface area contributed by atoms with E-state index in [1.165, 1.54) is 5.56 Å². The highest BCUT2D eigenvalue weighted by Crippen LogP contribution is 2.28. The number of nitrogens with zero attached hydrogens (tertiary/aromatic N) is 2. The number of rotatable bonds is 9. The topological polar surface area (TPSA) is 77.5 Å². The molecule has 4 rings (SSSR count). The van der Waals surface area contributed by atoms with E-state index in [-0.39, 0.29) is 23.6 Å². The Labute approximate surface area is 276 Å². The molecule has 1 heterocycles. The van der Waals surface area contributed by atoms with Gasteiger partial charge in [0.05, 0.1) is 20.3 Å². The lowest BCUT2D eigenvalue weighted by atomic mass is 10.1. The van der Waals surface area contributed by atoms with Crippen LogP contribution in [-0.2, 0) is 16.1 Å². The number of amides is 2. The zero-order valence-corrected chi connectivity index (χ0v) is 29.2. The number of carbonyl (C=O) groups is 2. The maximum absolute atomic E-state index is 12.5. The molecular formula is C38H54N2O6. The predicted molar refractivity (Wildman–Crippen MR) is 185 cm³/mol. The van der Waals surface area contributed by atoms with Gasteiger partial charge in [0, 0.05) is 31.7 Å². The highest BCUT2D eigenvalue weighted by Gasteiger charge is 2.27. The SMILES string of the molecule is CC1CCN(C(=O)OC(C)(C)C)C1.COc1ccc(C(=O)N(C)C(C)C)cc1OCCOCc1ccccc1.Cc1ccccc1. The molecule has 0 saturated carbocycles. The molecule has 0 spiro atoms. The molecule has 1 atom stereocenters. The van der Waals surface area contributed by atoms with Gasteiger partial charge in [-0.05, 0) is 77.6 Å². The van der Waals surface area contributed by atoms with E-state index in [1.54, 1.807) is 42.2 Å². The average Bonchev–Trinajstić information content (AvgIpc) is 3.47. The summed E-state index contributed by atoms with van der Waals surface area (Å²) in [5.41, 5.74) is 2.64. The fourth-order valence-electron chi connectivity index (χ4n) is 4.30. The van der Waals surface area contributed by atoms with Crippen LogP contribution in [0.4, 0.5) is 4.79 Å². The molecule has 1 unspecified atom stereocenters. The molecule has 1 fully saturated rings. The summed E-state index contributed by atoms with van der Waals surface area (Å²) in [6, 6.07) is 25.6. The summed E-state index contributed by atoms with van der Waals surface area (Å²) < 4.78 is 22.0. The van der Waals surface area contributed by atoms with Crippen LogP contribution >= 0.6 is 0 Å². The van der Waals surface area contributed by atoms with Crippen molar-refractivity contribution in [2.75, 3.05) is 40.5 Å². The van der Waals surface area contributed by atoms with E-state index >= 15 is 0 Å². The zero-order valence-electron chi connectivity index (χ0n) is 29.2. The van der Waals surface area contributed by atoms with Crippen LogP contribution < -0.4 is 9.47 Å². The first-order valence-corrected chi connectivity index (χ1v) is 16.0. The van der Waals surface area contributed by atoms with Gasteiger partial charge in [-0.1, -0.05) is 73.2 Å². The summed E-state index contributed by atoms with van der Waals surface area (Å²) in [4.78, 5) is 27.5. The largest absolute Gasteiger partial charge is 0.493 e. The van der Waals surface area contributed by atoms with Gasteiger partial charge in [0.2, 0.25) is 0 Å². The van der Waals surface area contributed by atoms with Crippen LogP contribution in [0.5, 0.6) is 11.5 Å². The van der Waals surface area contributed by atoms with Gasteiger partial charge in [-0.2, -0.15) is 0 Å². The van der Waals surface area contributed by atoms with Crippen LogP contribution in [0, 0.1) is 12.8 Å². The maximum Gasteiger partial charge on any atom is 0.410 e. The Bertz CT molecular complexity index is 1310. The van der Waals surface area contributed by atoms with Crippen molar-refractivity contribution < 1.29 is 28.5 Å². The Morgan fingerprint density at radius 2 is 1.57 bits per heavy atom. The van der Waals surface area contributed by atoms with E-state index in [2.05, 4.69) is 26.0 Å². The zero-order chi connectivity index (χ0) is 34.1. The van der Waals surface area contributed by atoms with E-state index in [0.717, 1.165) is 25.1 Å². The summed E-state index contributed by atoms with van der Waals surface area (Å²) in [6.07, 6.45) is 0.927. The lowest BCUT2D eigenvalue weighted by Gasteiger charge is -2.24. The van der Waals surface area contributed by atoms with Crippen LogP contribution in [0.1, 0.15) is 69.4 Å². The monoisotopic (exact) mass is 634 g/mol. The smallest absolute Gasteiger partial charge is 0.410 e. The summed E-state index contributed by atoms with van der Waals surface area (Å²) in [5.74, 6) is 1.70. The summed E-state index contributed by atoms with van der Waals surface area (Å²) >= 11 is 0. The Morgan fingerprint density at radius 1 is 0.935 bits per heavy atom. The van der Waals surface area contributed by atoms with Gasteiger partial charge in [0.1, 0.15) is 12.2 Å². The van der Waals surface area contributed by atoms with E-state index < -0.39 is 0 Å². The molecule has 46 heavy (non-hydrogen) atoms. The quantitative estimate of drug-likeness (QED) is 0.222. The Kier molecular flexibility index (Phi) is 16.1. The van der Waals surface area contributed by atoms with Gasteiger partial charge < -0.3 is 28.7 Å². The van der Waals surface area contributed by atoms with E-state index in [0.29, 0.717) is 42.8 Å². The molecule has 1 aliphatic heterocycles. The van der Waals surface area contributed by atoms with Crippen LogP contribution in [0.2, 0.25) is 0 Å². The molecule has 3 aromatic rings. The number of methoxy groups -OCH3 is 1. The van der Waals surface area contributed by atoms with Gasteiger partial charge in [-0.3, -0.25) is 4.79 Å². The summed E-state index contributed by atoms with van der Waals surface area (Å²) in [5, 5.41) is 0. The lowest BCUT2D eigenvalue weighted by molar-refractivity contribution is 0.0289. The minimum absolute atomic E-state index is 0.0483. The van der Waals surface area contributed by atoms with Crippen molar-refractivity contribution in [2.45, 2.75) is 73.1 Å². The number of likely N-dealkylation sites (tertiary alicyclic amines) is 1. The van der Waals surface area contributed by atoms with E-state index in [9.17, 15) is 9.59 Å². The second kappa shape index (κ2) is 19.5. The van der Waals surface area contributed by atoms with Crippen LogP contribution in [0.15, 0.2) is 78.9 Å². The van der Waals surface area contributed by atoms with Crippen LogP contribution in [0.3, 0.4) is 0 Å². The van der Waals surface area contributed by atoms with E-state index in [1.807, 2.05) is 83.1 Å². The third-order valence-corrected chi connectivity index (χ3v) is 7.12. The van der Waals surface area contributed by atoms with Crippen molar-refractivity contribution in [1.29, 1.82) is 0 Å². The Balaban J connectivity index is 0.000000301. The normalized spacial score (nSPS) is 14.0. The van der Waals surface area contributed by atoms with Crippen molar-refractivity contribution in [3.8, 4) is 11.5 Å². The maximum atomic E-state index is 12.5. The lowest BCUT2D eigenvalue weighted by Crippen LogP contribution is -2.35. The number of hydrogen-bond donors (Lipinski definition) is 0. The molecule has 0 N–H and O–H groups in total. The molecule has 3 aromatic carbocycles. The fraction of sp³-hybridized carbons (Fsp3) is 0.474. The molecular weight excluding hydrogens is 580 g/mol. The number of aryl methyl sites for hydroxylation is 1. The molecule has 8 heteroatoms. The van der Waals surface area contributed by atoms with Crippen LogP contribution in [0.25, 0.3) is 0 Å². The van der Waals surface area contributed by atoms with Gasteiger partial charge >= 0.3 is 6.09 Å². The second-order valence-corrected chi connectivity index (χ2v) is 12.7. The number of carbonyl (C=O) groups excluding carboxylic acids is 2. The van der Waals surface area contributed by atoms with Crippen molar-refractivity contribution in [2.24, 2.45) is 5.92 Å². The van der Waals surface area contributed by atoms with Crippen molar-refractivity contribution in [3.05, 3.63) is 95.6 Å². The van der Waals surface area contributed by atoms with Crippen molar-refractivity contribution in [3.63, 3.8) is 0 Å². The number of hydrogen-bond acceptors (Lipinski definition) is 6. The van der Waals surface area contributed by atoms with Gasteiger partial charge in [-0.25, -0.2) is 4.79 Å². The molecule has 1 aliphatic rings. The summed E-state index contributed by atoms with van der Waals surface area (Å²) in [6.45, 7) is 16.9. The fourth-order valence-corrected chi connectivity index (χ4v) is 4.30. The Hall–Kier alpha value is -4.04. The first kappa shape index (κ1) is 38.1. The van der Waals surface area contributed by atoms with Gasteiger partial charge in [-0.15, -0.1) is 0 Å². The molecule has 0 aromatic heterocycles. The first-order chi connectivity index (χ1) is 21.8. The molecule has 0 radical (unpaired) electrons. The average molecular weight is 635 g/mol. The van der Waals surface area contributed by atoms with Gasteiger partial charge in [0.15, 0.2) is 11.5 Å². The molecule has 0 bridgehead atoms. The third-order valence-electron chi connectivity index (χ3n) is 7.12. The predicted octanol–water partition coefficient (Wildman–Crippen LogP) is 8.03. The highest BCUT2D eigenvalue weighted by molar-refractivity contribution is 5.95. The van der Waals surface area contributed by atoms with Gasteiger partial charge in [0.25, 0.3) is 5.91 Å². The van der Waals surface area contributed by atoms with Crippen LogP contribution in [-0.4, -0.2) is 73.9 Å². The van der Waals surface area contributed by atoms with Crippen molar-refractivity contribution in [1.82, 2.24) is 9.80 Å². The summed E-state index contributed by atoms with van der Waals surface area (Å²) in [7, 11) is 3.37. The second-order valence-electron chi connectivity index (χ2n) is 12.7. The standard InChI is InChI=1S/C21H27NO4.C10H19NO2.C7H8/c1-16(2)22(3)21(23)18-10-11-19(24-4)20(14-18)26-13-12-25-15-17-8-6-5-7-9-17;1-8-5-6-11(7-8)9(12)13-10(2,3)4;1-7-5-3-2-4-6-7/h5-11,14,16H,12-13,15H2,1-4H3;8H,5-7H2,1-4H3;2-6H,1H3. The third kappa shape index (κ3) is 14.4. The molecule has 252 valence electrons. The number of benzene rings is 3. The molecule has 8 nitrogen and oxygen atoms in total. The molecule has 1 saturated heterocycles. The number of ether oxygens (including phenoxy) is 4. The minimum atomic E-state index is -0.372. The molecule has 2 amide bonds. The molecule has 0 aliphatic carbocycles. The first-order valence-electron chi connectivity index (χ1n) is 16.0. The minimum Gasteiger partial charge on any atom is -0.493 e.